The van der Waals surface area contributed by atoms with Crippen LogP contribution in [-0.4, -0.2) is 42.7 Å². The summed E-state index contributed by atoms with van der Waals surface area (Å²) >= 11 is 0. The average molecular weight is 292 g/mol. The van der Waals surface area contributed by atoms with Crippen LogP contribution in [0.25, 0.3) is 0 Å². The first kappa shape index (κ1) is 15.6. The van der Waals surface area contributed by atoms with Gasteiger partial charge in [-0.2, -0.15) is 13.2 Å². The standard InChI is InChI=1S/C14H23F3N2O/c1-13(2)6-3-7-19(9-13)12(20)11-5-4-10(8-18-11)14(15,16)17/h10-11,18H,3-9H2,1-2H3. The van der Waals surface area contributed by atoms with Gasteiger partial charge >= 0.3 is 6.18 Å². The zero-order chi connectivity index (χ0) is 15.0. The van der Waals surface area contributed by atoms with Crippen LogP contribution in [0.1, 0.15) is 39.5 Å². The third-order valence-corrected chi connectivity index (χ3v) is 4.39. The number of alkyl halides is 3. The van der Waals surface area contributed by atoms with Gasteiger partial charge in [0.1, 0.15) is 0 Å². The largest absolute Gasteiger partial charge is 0.393 e. The monoisotopic (exact) mass is 292 g/mol. The average Bonchev–Trinajstić information content (AvgIpc) is 2.36. The van der Waals surface area contributed by atoms with Gasteiger partial charge in [0.2, 0.25) is 5.91 Å². The lowest BCUT2D eigenvalue weighted by Gasteiger charge is -2.41. The summed E-state index contributed by atoms with van der Waals surface area (Å²) in [6, 6.07) is -0.442. The van der Waals surface area contributed by atoms with E-state index in [2.05, 4.69) is 19.2 Å². The highest BCUT2D eigenvalue weighted by atomic mass is 19.4. The molecule has 2 heterocycles. The summed E-state index contributed by atoms with van der Waals surface area (Å²) in [5.74, 6) is -1.34. The number of carbonyl (C=O) groups is 1. The summed E-state index contributed by atoms with van der Waals surface area (Å²) in [5.41, 5.74) is 0.108. The minimum absolute atomic E-state index is 0.0293. The second kappa shape index (κ2) is 5.54. The van der Waals surface area contributed by atoms with Crippen LogP contribution >= 0.6 is 0 Å². The van der Waals surface area contributed by atoms with Gasteiger partial charge in [0.05, 0.1) is 12.0 Å². The zero-order valence-corrected chi connectivity index (χ0v) is 12.1. The van der Waals surface area contributed by atoms with Crippen LogP contribution in [0.3, 0.4) is 0 Å². The lowest BCUT2D eigenvalue weighted by molar-refractivity contribution is -0.181. The Hall–Kier alpha value is -0.780. The minimum atomic E-state index is -4.16. The quantitative estimate of drug-likeness (QED) is 0.805. The molecule has 2 unspecified atom stereocenters. The molecule has 0 saturated carbocycles. The predicted octanol–water partition coefficient (Wildman–Crippen LogP) is 2.57. The van der Waals surface area contributed by atoms with E-state index in [1.807, 2.05) is 4.90 Å². The van der Waals surface area contributed by atoms with E-state index in [-0.39, 0.29) is 30.7 Å². The number of hydrogen-bond acceptors (Lipinski definition) is 2. The molecular weight excluding hydrogens is 269 g/mol. The van der Waals surface area contributed by atoms with Crippen molar-refractivity contribution in [3.8, 4) is 0 Å². The first-order chi connectivity index (χ1) is 9.19. The summed E-state index contributed by atoms with van der Waals surface area (Å²) in [4.78, 5) is 14.2. The fraction of sp³-hybridized carbons (Fsp3) is 0.929. The smallest absolute Gasteiger partial charge is 0.341 e. The number of amides is 1. The molecule has 2 saturated heterocycles. The number of nitrogens with zero attached hydrogens (tertiary/aromatic N) is 1. The molecule has 1 amide bonds. The molecule has 2 aliphatic heterocycles. The molecule has 0 aromatic heterocycles. The number of piperidine rings is 2. The highest BCUT2D eigenvalue weighted by molar-refractivity contribution is 5.82. The fourth-order valence-corrected chi connectivity index (χ4v) is 3.18. The van der Waals surface area contributed by atoms with Crippen LogP contribution in [0.4, 0.5) is 13.2 Å². The maximum absolute atomic E-state index is 12.6. The van der Waals surface area contributed by atoms with Gasteiger partial charge in [-0.1, -0.05) is 13.8 Å². The van der Waals surface area contributed by atoms with Crippen LogP contribution < -0.4 is 5.32 Å². The molecule has 2 atom stereocenters. The Balaban J connectivity index is 1.89. The van der Waals surface area contributed by atoms with E-state index in [1.54, 1.807) is 0 Å². The normalized spacial score (nSPS) is 31.1. The molecule has 20 heavy (non-hydrogen) atoms. The molecular formula is C14H23F3N2O. The highest BCUT2D eigenvalue weighted by Crippen LogP contribution is 2.33. The maximum Gasteiger partial charge on any atom is 0.393 e. The Labute approximate surface area is 117 Å². The van der Waals surface area contributed by atoms with Gasteiger partial charge in [0.25, 0.3) is 0 Å². The molecule has 0 bridgehead atoms. The fourth-order valence-electron chi connectivity index (χ4n) is 3.18. The summed E-state index contributed by atoms with van der Waals surface area (Å²) < 4.78 is 37.8. The van der Waals surface area contributed by atoms with Crippen molar-refractivity contribution in [3.05, 3.63) is 0 Å². The van der Waals surface area contributed by atoms with Gasteiger partial charge in [-0.3, -0.25) is 4.79 Å². The second-order valence-electron chi connectivity index (χ2n) is 6.80. The second-order valence-corrected chi connectivity index (χ2v) is 6.80. The highest BCUT2D eigenvalue weighted by Gasteiger charge is 2.43. The molecule has 0 aromatic carbocycles. The molecule has 0 aromatic rings. The van der Waals surface area contributed by atoms with Gasteiger partial charge in [-0.25, -0.2) is 0 Å². The number of hydrogen-bond donors (Lipinski definition) is 1. The lowest BCUT2D eigenvalue weighted by Crippen LogP contribution is -2.55. The molecule has 2 fully saturated rings. The van der Waals surface area contributed by atoms with Crippen molar-refractivity contribution in [2.75, 3.05) is 19.6 Å². The number of likely N-dealkylation sites (tertiary alicyclic amines) is 1. The first-order valence-corrected chi connectivity index (χ1v) is 7.28. The first-order valence-electron chi connectivity index (χ1n) is 7.28. The van der Waals surface area contributed by atoms with Crippen molar-refractivity contribution < 1.29 is 18.0 Å². The summed E-state index contributed by atoms with van der Waals surface area (Å²) in [6.07, 6.45) is -1.78. The molecule has 2 aliphatic rings. The lowest BCUT2D eigenvalue weighted by atomic mass is 9.83. The minimum Gasteiger partial charge on any atom is -0.341 e. The Morgan fingerprint density at radius 3 is 2.50 bits per heavy atom. The van der Waals surface area contributed by atoms with E-state index in [1.165, 1.54) is 0 Å². The number of halogens is 3. The van der Waals surface area contributed by atoms with Gasteiger partial charge in [-0.15, -0.1) is 0 Å². The Morgan fingerprint density at radius 2 is 2.00 bits per heavy atom. The molecule has 6 heteroatoms. The van der Waals surface area contributed by atoms with E-state index >= 15 is 0 Å². The molecule has 0 radical (unpaired) electrons. The van der Waals surface area contributed by atoms with E-state index in [9.17, 15) is 18.0 Å². The van der Waals surface area contributed by atoms with Crippen molar-refractivity contribution in [1.29, 1.82) is 0 Å². The van der Waals surface area contributed by atoms with E-state index in [0.717, 1.165) is 19.4 Å². The molecule has 116 valence electrons. The third kappa shape index (κ3) is 3.65. The number of rotatable bonds is 1. The van der Waals surface area contributed by atoms with Gasteiger partial charge < -0.3 is 10.2 Å². The molecule has 3 nitrogen and oxygen atoms in total. The SMILES string of the molecule is CC1(C)CCCN(C(=O)C2CCC(C(F)(F)F)CN2)C1. The van der Waals surface area contributed by atoms with Crippen LogP contribution in [0, 0.1) is 11.3 Å². The van der Waals surface area contributed by atoms with Crippen molar-refractivity contribution >= 4 is 5.91 Å². The zero-order valence-electron chi connectivity index (χ0n) is 12.1. The summed E-state index contributed by atoms with van der Waals surface area (Å²) in [7, 11) is 0. The van der Waals surface area contributed by atoms with E-state index in [4.69, 9.17) is 0 Å². The van der Waals surface area contributed by atoms with Crippen molar-refractivity contribution in [3.63, 3.8) is 0 Å². The van der Waals surface area contributed by atoms with Crippen molar-refractivity contribution in [1.82, 2.24) is 10.2 Å². The Bertz CT molecular complexity index is 360. The van der Waals surface area contributed by atoms with Gasteiger partial charge in [-0.05, 0) is 31.1 Å². The van der Waals surface area contributed by atoms with Gasteiger partial charge in [0.15, 0.2) is 0 Å². The number of carbonyl (C=O) groups excluding carboxylic acids is 1. The van der Waals surface area contributed by atoms with Gasteiger partial charge in [0, 0.05) is 19.6 Å². The molecule has 2 rings (SSSR count). The Kier molecular flexibility index (Phi) is 4.33. The maximum atomic E-state index is 12.6. The number of nitrogens with one attached hydrogen (secondary N) is 1. The predicted molar refractivity (Wildman–Crippen MR) is 70.2 cm³/mol. The molecule has 1 N–H and O–H groups in total. The summed E-state index contributed by atoms with van der Waals surface area (Å²) in [5, 5.41) is 2.79. The van der Waals surface area contributed by atoms with Crippen molar-refractivity contribution in [2.45, 2.75) is 51.7 Å². The summed E-state index contributed by atoms with van der Waals surface area (Å²) in [6.45, 7) is 5.54. The van der Waals surface area contributed by atoms with Crippen molar-refractivity contribution in [2.24, 2.45) is 11.3 Å². The van der Waals surface area contributed by atoms with Crippen LogP contribution in [-0.2, 0) is 4.79 Å². The Morgan fingerprint density at radius 1 is 1.30 bits per heavy atom. The van der Waals surface area contributed by atoms with Crippen LogP contribution in [0.5, 0.6) is 0 Å². The van der Waals surface area contributed by atoms with E-state index in [0.29, 0.717) is 6.54 Å². The van der Waals surface area contributed by atoms with Crippen LogP contribution in [0.15, 0.2) is 0 Å². The molecule has 0 spiro atoms. The molecule has 0 aliphatic carbocycles. The topological polar surface area (TPSA) is 32.3 Å². The van der Waals surface area contributed by atoms with E-state index < -0.39 is 18.1 Å². The van der Waals surface area contributed by atoms with Crippen LogP contribution in [0.2, 0.25) is 0 Å². The third-order valence-electron chi connectivity index (χ3n) is 4.39.